The molecule has 3 rings (SSSR count). The average Bonchev–Trinajstić information content (AvgIpc) is 2.90. The highest BCUT2D eigenvalue weighted by Crippen LogP contribution is 2.24. The number of benzene rings is 2. The molecule has 0 radical (unpaired) electrons. The van der Waals surface area contributed by atoms with Crippen molar-refractivity contribution < 1.29 is 13.9 Å². The summed E-state index contributed by atoms with van der Waals surface area (Å²) in [4.78, 5) is 6.07. The Balaban J connectivity index is 1.91. The Labute approximate surface area is 131 Å². The lowest BCUT2D eigenvalue weighted by Gasteiger charge is -2.19. The summed E-state index contributed by atoms with van der Waals surface area (Å²) in [6, 6.07) is 11.9. The van der Waals surface area contributed by atoms with Crippen LogP contribution < -0.4 is 4.90 Å². The summed E-state index contributed by atoms with van der Waals surface area (Å²) in [5.41, 5.74) is 1.92. The van der Waals surface area contributed by atoms with Crippen LogP contribution in [-0.2, 0) is 6.54 Å². The first-order valence-electron chi connectivity index (χ1n) is 6.82. The lowest BCUT2D eigenvalue weighted by Crippen LogP contribution is -2.26. The zero-order valence-corrected chi connectivity index (χ0v) is 12.4. The number of halogens is 2. The first-order chi connectivity index (χ1) is 10.7. The molecule has 0 saturated heterocycles. The van der Waals surface area contributed by atoms with E-state index in [1.807, 2.05) is 18.2 Å². The topological polar surface area (TPSA) is 49.5 Å². The Bertz CT molecular complexity index is 791. The van der Waals surface area contributed by atoms with Crippen molar-refractivity contribution in [3.8, 4) is 0 Å². The van der Waals surface area contributed by atoms with E-state index in [0.717, 1.165) is 5.56 Å². The molecule has 0 saturated carbocycles. The summed E-state index contributed by atoms with van der Waals surface area (Å²) < 4.78 is 18.9. The summed E-state index contributed by atoms with van der Waals surface area (Å²) in [6.07, 6.45) is 0. The first kappa shape index (κ1) is 14.8. The molecule has 0 aliphatic carbocycles. The number of anilines is 1. The summed E-state index contributed by atoms with van der Waals surface area (Å²) in [6.45, 7) is 0.784. The van der Waals surface area contributed by atoms with E-state index in [-0.39, 0.29) is 12.4 Å². The molecule has 22 heavy (non-hydrogen) atoms. The van der Waals surface area contributed by atoms with Crippen molar-refractivity contribution in [3.63, 3.8) is 0 Å². The van der Waals surface area contributed by atoms with Crippen LogP contribution in [0, 0.1) is 5.82 Å². The molecule has 0 unspecified atom stereocenters. The third kappa shape index (κ3) is 3.21. The van der Waals surface area contributed by atoms with Crippen molar-refractivity contribution in [2.75, 3.05) is 18.1 Å². The number of hydrogen-bond donors (Lipinski definition) is 1. The van der Waals surface area contributed by atoms with Gasteiger partial charge in [-0.2, -0.15) is 4.98 Å². The maximum absolute atomic E-state index is 13.2. The molecule has 0 bridgehead atoms. The summed E-state index contributed by atoms with van der Waals surface area (Å²) in [7, 11) is 0. The lowest BCUT2D eigenvalue weighted by atomic mass is 10.2. The number of aliphatic hydroxyl groups excluding tert-OH is 1. The molecule has 1 heterocycles. The fourth-order valence-corrected chi connectivity index (χ4v) is 2.46. The normalized spacial score (nSPS) is 11.0. The molecule has 0 aliphatic heterocycles. The Hall–Kier alpha value is -2.11. The molecule has 0 spiro atoms. The van der Waals surface area contributed by atoms with Crippen LogP contribution in [-0.4, -0.2) is 23.2 Å². The van der Waals surface area contributed by atoms with Crippen molar-refractivity contribution >= 4 is 28.7 Å². The van der Waals surface area contributed by atoms with Gasteiger partial charge in [0, 0.05) is 24.2 Å². The van der Waals surface area contributed by atoms with Gasteiger partial charge in [-0.25, -0.2) is 4.39 Å². The minimum absolute atomic E-state index is 0.0480. The highest BCUT2D eigenvalue weighted by molar-refractivity contribution is 6.30. The van der Waals surface area contributed by atoms with Gasteiger partial charge in [0.05, 0.1) is 6.61 Å². The molecule has 0 amide bonds. The lowest BCUT2D eigenvalue weighted by molar-refractivity contribution is 0.298. The van der Waals surface area contributed by atoms with Crippen molar-refractivity contribution in [2.45, 2.75) is 6.54 Å². The average molecular weight is 321 g/mol. The number of fused-ring (bicyclic) bond motifs is 1. The van der Waals surface area contributed by atoms with Gasteiger partial charge in [-0.3, -0.25) is 0 Å². The van der Waals surface area contributed by atoms with Crippen molar-refractivity contribution in [1.29, 1.82) is 0 Å². The van der Waals surface area contributed by atoms with E-state index in [2.05, 4.69) is 4.98 Å². The molecule has 3 aromatic rings. The number of aliphatic hydroxyl groups is 1. The van der Waals surface area contributed by atoms with Crippen LogP contribution in [0.2, 0.25) is 5.02 Å². The first-order valence-corrected chi connectivity index (χ1v) is 7.20. The largest absolute Gasteiger partial charge is 0.423 e. The van der Waals surface area contributed by atoms with E-state index in [4.69, 9.17) is 16.0 Å². The maximum atomic E-state index is 13.2. The third-order valence-corrected chi connectivity index (χ3v) is 3.48. The molecule has 4 nitrogen and oxygen atoms in total. The van der Waals surface area contributed by atoms with Crippen LogP contribution in [0.5, 0.6) is 0 Å². The Morgan fingerprint density at radius 2 is 2.09 bits per heavy atom. The van der Waals surface area contributed by atoms with Gasteiger partial charge in [0.2, 0.25) is 0 Å². The van der Waals surface area contributed by atoms with Crippen molar-refractivity contribution in [2.24, 2.45) is 0 Å². The zero-order chi connectivity index (χ0) is 15.5. The predicted molar refractivity (Wildman–Crippen MR) is 83.6 cm³/mol. The highest BCUT2D eigenvalue weighted by atomic mass is 35.5. The van der Waals surface area contributed by atoms with Crippen LogP contribution in [0.1, 0.15) is 5.56 Å². The minimum Gasteiger partial charge on any atom is -0.423 e. The molecule has 0 aliphatic rings. The minimum atomic E-state index is -0.365. The zero-order valence-electron chi connectivity index (χ0n) is 11.7. The molecular formula is C16H14ClFN2O2. The van der Waals surface area contributed by atoms with Crippen molar-refractivity contribution in [3.05, 3.63) is 58.9 Å². The SMILES string of the molecule is OCCN(Cc1cccc(Cl)c1)c1nc2cc(F)ccc2o1. The van der Waals surface area contributed by atoms with Crippen molar-refractivity contribution in [1.82, 2.24) is 4.98 Å². The van der Waals surface area contributed by atoms with Gasteiger partial charge in [0.15, 0.2) is 5.58 Å². The van der Waals surface area contributed by atoms with Gasteiger partial charge >= 0.3 is 0 Å². The quantitative estimate of drug-likeness (QED) is 0.780. The highest BCUT2D eigenvalue weighted by Gasteiger charge is 2.15. The van der Waals surface area contributed by atoms with Gasteiger partial charge in [-0.15, -0.1) is 0 Å². The third-order valence-electron chi connectivity index (χ3n) is 3.24. The second-order valence-electron chi connectivity index (χ2n) is 4.88. The van der Waals surface area contributed by atoms with E-state index in [1.165, 1.54) is 18.2 Å². The second kappa shape index (κ2) is 6.34. The van der Waals surface area contributed by atoms with Gasteiger partial charge < -0.3 is 14.4 Å². The maximum Gasteiger partial charge on any atom is 0.298 e. The summed E-state index contributed by atoms with van der Waals surface area (Å²) in [5.74, 6) is -0.365. The number of rotatable bonds is 5. The number of oxazole rings is 1. The van der Waals surface area contributed by atoms with Crippen LogP contribution in [0.25, 0.3) is 11.1 Å². The van der Waals surface area contributed by atoms with Crippen LogP contribution in [0.15, 0.2) is 46.9 Å². The van der Waals surface area contributed by atoms with Crippen LogP contribution >= 0.6 is 11.6 Å². The molecule has 0 atom stereocenters. The second-order valence-corrected chi connectivity index (χ2v) is 5.32. The summed E-state index contributed by atoms with van der Waals surface area (Å²) in [5, 5.41) is 9.89. The molecular weight excluding hydrogens is 307 g/mol. The smallest absolute Gasteiger partial charge is 0.298 e. The number of hydrogen-bond acceptors (Lipinski definition) is 4. The Morgan fingerprint density at radius 3 is 2.86 bits per heavy atom. The monoisotopic (exact) mass is 320 g/mol. The molecule has 6 heteroatoms. The van der Waals surface area contributed by atoms with E-state index < -0.39 is 0 Å². The van der Waals surface area contributed by atoms with Gasteiger partial charge in [-0.05, 0) is 29.8 Å². The Morgan fingerprint density at radius 1 is 1.23 bits per heavy atom. The molecule has 1 aromatic heterocycles. The molecule has 114 valence electrons. The Kier molecular flexibility index (Phi) is 4.27. The van der Waals surface area contributed by atoms with E-state index in [1.54, 1.807) is 11.0 Å². The number of nitrogens with zero attached hydrogens (tertiary/aromatic N) is 2. The predicted octanol–water partition coefficient (Wildman–Crippen LogP) is 3.62. The van der Waals surface area contributed by atoms with E-state index >= 15 is 0 Å². The van der Waals surface area contributed by atoms with E-state index in [0.29, 0.717) is 35.2 Å². The fraction of sp³-hybridized carbons (Fsp3) is 0.188. The molecule has 1 N–H and O–H groups in total. The van der Waals surface area contributed by atoms with E-state index in [9.17, 15) is 9.50 Å². The molecule has 0 fully saturated rings. The fourth-order valence-electron chi connectivity index (χ4n) is 2.24. The van der Waals surface area contributed by atoms with Crippen LogP contribution in [0.3, 0.4) is 0 Å². The van der Waals surface area contributed by atoms with Gasteiger partial charge in [0.25, 0.3) is 6.01 Å². The van der Waals surface area contributed by atoms with Crippen LogP contribution in [0.4, 0.5) is 10.4 Å². The van der Waals surface area contributed by atoms with Gasteiger partial charge in [0.1, 0.15) is 11.3 Å². The number of aromatic nitrogens is 1. The summed E-state index contributed by atoms with van der Waals surface area (Å²) >= 11 is 5.98. The molecule has 2 aromatic carbocycles. The standard InChI is InChI=1S/C16H14ClFN2O2/c17-12-3-1-2-11(8-12)10-20(6-7-21)16-19-14-9-13(18)4-5-15(14)22-16/h1-5,8-9,21H,6-7,10H2. The van der Waals surface area contributed by atoms with Gasteiger partial charge in [-0.1, -0.05) is 23.7 Å².